The smallest absolute Gasteiger partial charge is 0.171 e. The van der Waals surface area contributed by atoms with Gasteiger partial charge in [0, 0.05) is 6.42 Å². The Balaban J connectivity index is 2.09. The van der Waals surface area contributed by atoms with E-state index in [1.165, 1.54) is 24.0 Å². The summed E-state index contributed by atoms with van der Waals surface area (Å²) >= 11 is 0. The summed E-state index contributed by atoms with van der Waals surface area (Å²) in [5.41, 5.74) is 2.93. The average Bonchev–Trinajstić information content (AvgIpc) is 2.45. The van der Waals surface area contributed by atoms with Crippen LogP contribution in [0, 0.1) is 5.92 Å². The molecule has 0 saturated carbocycles. The van der Waals surface area contributed by atoms with Crippen molar-refractivity contribution in [1.82, 2.24) is 0 Å². The van der Waals surface area contributed by atoms with Gasteiger partial charge in [-0.25, -0.2) is 0 Å². The quantitative estimate of drug-likeness (QED) is 0.380. The van der Waals surface area contributed by atoms with Crippen LogP contribution in [0.2, 0.25) is 0 Å². The van der Waals surface area contributed by atoms with E-state index in [2.05, 4.69) is 38.1 Å². The first kappa shape index (κ1) is 20.1. The Hall–Kier alpha value is -0.990. The van der Waals surface area contributed by atoms with E-state index < -0.39 is 12.6 Å². The van der Waals surface area contributed by atoms with Crippen LogP contribution in [-0.4, -0.2) is 6.18 Å². The van der Waals surface area contributed by atoms with Crippen molar-refractivity contribution in [3.8, 4) is 0 Å². The molecule has 23 heavy (non-hydrogen) atoms. The van der Waals surface area contributed by atoms with Gasteiger partial charge >= 0.3 is 6.18 Å². The monoisotopic (exact) mass is 328 g/mol. The van der Waals surface area contributed by atoms with Gasteiger partial charge in [0.25, 0.3) is 0 Å². The maximum atomic E-state index is 12.0. The molecule has 0 nitrogen and oxygen atoms in total. The molecule has 0 N–H and O–H groups in total. The first-order chi connectivity index (χ1) is 10.9. The highest BCUT2D eigenvalue weighted by Crippen LogP contribution is 2.23. The number of aryl methyl sites for hydroxylation is 1. The summed E-state index contributed by atoms with van der Waals surface area (Å²) in [4.78, 5) is 0. The highest BCUT2D eigenvalue weighted by Gasteiger charge is 2.25. The molecule has 0 aliphatic rings. The molecular weight excluding hydrogens is 297 g/mol. The summed E-state index contributed by atoms with van der Waals surface area (Å²) in [7, 11) is 0. The van der Waals surface area contributed by atoms with E-state index in [4.69, 9.17) is 0 Å². The molecule has 1 aromatic carbocycles. The second-order valence-electron chi connectivity index (χ2n) is 6.96. The molecule has 0 spiro atoms. The van der Waals surface area contributed by atoms with Crippen LogP contribution in [0.5, 0.6) is 0 Å². The lowest BCUT2D eigenvalue weighted by Crippen LogP contribution is -2.06. The van der Waals surface area contributed by atoms with Gasteiger partial charge < -0.3 is 0 Å². The van der Waals surface area contributed by atoms with Gasteiger partial charge in [0.2, 0.25) is 0 Å². The van der Waals surface area contributed by atoms with Crippen LogP contribution in [0.25, 0.3) is 0 Å². The van der Waals surface area contributed by atoms with Gasteiger partial charge in [0.15, 0.2) is 0 Å². The van der Waals surface area contributed by atoms with Gasteiger partial charge in [-0.1, -0.05) is 70.2 Å². The second kappa shape index (κ2) is 10.7. The predicted molar refractivity (Wildman–Crippen MR) is 91.7 cm³/mol. The van der Waals surface area contributed by atoms with Gasteiger partial charge in [-0.2, -0.15) is 13.2 Å². The summed E-state index contributed by atoms with van der Waals surface area (Å²) in [6.07, 6.45) is 4.12. The molecule has 0 aliphatic carbocycles. The zero-order chi connectivity index (χ0) is 17.1. The molecule has 0 amide bonds. The first-order valence-corrected chi connectivity index (χ1v) is 9.02. The summed E-state index contributed by atoms with van der Waals surface area (Å²) in [6.45, 7) is 4.49. The number of rotatable bonds is 11. The second-order valence-corrected chi connectivity index (χ2v) is 6.96. The van der Waals surface area contributed by atoms with Crippen LogP contribution in [0.3, 0.4) is 0 Å². The Morgan fingerprint density at radius 1 is 0.783 bits per heavy atom. The van der Waals surface area contributed by atoms with E-state index in [0.717, 1.165) is 32.1 Å². The number of alkyl halides is 3. The van der Waals surface area contributed by atoms with E-state index >= 15 is 0 Å². The standard InChI is InChI=1S/C20H31F3/c1-17(2)16-19-14-10-9-13-18(19)12-8-6-4-3-5-7-11-15-20(21,22)23/h9-10,13-14,17H,3-8,11-12,15-16H2,1-2H3. The van der Waals surface area contributed by atoms with Crippen LogP contribution < -0.4 is 0 Å². The lowest BCUT2D eigenvalue weighted by molar-refractivity contribution is -0.135. The number of halogens is 3. The van der Waals surface area contributed by atoms with Crippen LogP contribution in [0.15, 0.2) is 24.3 Å². The van der Waals surface area contributed by atoms with E-state index in [1.54, 1.807) is 0 Å². The largest absolute Gasteiger partial charge is 0.389 e. The summed E-state index contributed by atoms with van der Waals surface area (Å²) in [5.74, 6) is 0.674. The fourth-order valence-corrected chi connectivity index (χ4v) is 2.97. The van der Waals surface area contributed by atoms with Crippen molar-refractivity contribution in [1.29, 1.82) is 0 Å². The van der Waals surface area contributed by atoms with E-state index in [9.17, 15) is 13.2 Å². The Kier molecular flexibility index (Phi) is 9.35. The minimum absolute atomic E-state index is 0.284. The molecule has 0 heterocycles. The van der Waals surface area contributed by atoms with Crippen LogP contribution in [0.4, 0.5) is 13.2 Å². The zero-order valence-electron chi connectivity index (χ0n) is 14.6. The molecule has 0 unspecified atom stereocenters. The minimum atomic E-state index is -3.98. The van der Waals surface area contributed by atoms with E-state index in [1.807, 2.05) is 0 Å². The topological polar surface area (TPSA) is 0 Å². The third-order valence-corrected chi connectivity index (χ3v) is 4.15. The Bertz CT molecular complexity index is 421. The minimum Gasteiger partial charge on any atom is -0.171 e. The van der Waals surface area contributed by atoms with Crippen LogP contribution >= 0.6 is 0 Å². The van der Waals surface area contributed by atoms with Crippen LogP contribution in [-0.2, 0) is 12.8 Å². The van der Waals surface area contributed by atoms with Crippen molar-refractivity contribution in [2.75, 3.05) is 0 Å². The van der Waals surface area contributed by atoms with Gasteiger partial charge in [0.1, 0.15) is 0 Å². The maximum Gasteiger partial charge on any atom is 0.389 e. The molecular formula is C20H31F3. The molecule has 0 fully saturated rings. The van der Waals surface area contributed by atoms with Crippen LogP contribution in [0.1, 0.15) is 76.3 Å². The molecule has 0 radical (unpaired) electrons. The molecule has 132 valence electrons. The highest BCUT2D eigenvalue weighted by molar-refractivity contribution is 5.27. The predicted octanol–water partition coefficient (Wildman–Crippen LogP) is 7.11. The van der Waals surface area contributed by atoms with Crippen molar-refractivity contribution in [2.45, 2.75) is 84.2 Å². The van der Waals surface area contributed by atoms with Gasteiger partial charge in [-0.15, -0.1) is 0 Å². The average molecular weight is 328 g/mol. The fourth-order valence-electron chi connectivity index (χ4n) is 2.97. The maximum absolute atomic E-state index is 12.0. The van der Waals surface area contributed by atoms with E-state index in [0.29, 0.717) is 12.3 Å². The Morgan fingerprint density at radius 2 is 1.30 bits per heavy atom. The summed E-state index contributed by atoms with van der Waals surface area (Å²) in [6, 6.07) is 8.69. The molecule has 1 rings (SSSR count). The van der Waals surface area contributed by atoms with Crippen molar-refractivity contribution < 1.29 is 13.2 Å². The molecule has 0 aliphatic heterocycles. The molecule has 0 saturated heterocycles. The number of hydrogen-bond donors (Lipinski definition) is 0. The fraction of sp³-hybridized carbons (Fsp3) is 0.700. The molecule has 1 aromatic rings. The number of unbranched alkanes of at least 4 members (excludes halogenated alkanes) is 6. The normalized spacial score (nSPS) is 12.1. The number of hydrogen-bond acceptors (Lipinski definition) is 0. The SMILES string of the molecule is CC(C)Cc1ccccc1CCCCCCCCCC(F)(F)F. The molecule has 0 aromatic heterocycles. The van der Waals surface area contributed by atoms with Gasteiger partial charge in [-0.05, 0) is 42.7 Å². The first-order valence-electron chi connectivity index (χ1n) is 9.02. The van der Waals surface area contributed by atoms with E-state index in [-0.39, 0.29) is 6.42 Å². The number of benzene rings is 1. The highest BCUT2D eigenvalue weighted by atomic mass is 19.4. The zero-order valence-corrected chi connectivity index (χ0v) is 14.6. The van der Waals surface area contributed by atoms with Gasteiger partial charge in [-0.3, -0.25) is 0 Å². The van der Waals surface area contributed by atoms with Crippen molar-refractivity contribution >= 4 is 0 Å². The summed E-state index contributed by atoms with van der Waals surface area (Å²) in [5, 5.41) is 0. The lowest BCUT2D eigenvalue weighted by Gasteiger charge is -2.11. The third-order valence-electron chi connectivity index (χ3n) is 4.15. The third kappa shape index (κ3) is 10.4. The van der Waals surface area contributed by atoms with Crippen molar-refractivity contribution in [3.63, 3.8) is 0 Å². The van der Waals surface area contributed by atoms with Crippen molar-refractivity contribution in [3.05, 3.63) is 35.4 Å². The lowest BCUT2D eigenvalue weighted by atomic mass is 9.94. The molecule has 0 bridgehead atoms. The molecule has 3 heteroatoms. The summed E-state index contributed by atoms with van der Waals surface area (Å²) < 4.78 is 36.0. The Morgan fingerprint density at radius 3 is 1.87 bits per heavy atom. The van der Waals surface area contributed by atoms with Crippen molar-refractivity contribution in [2.24, 2.45) is 5.92 Å². The molecule has 0 atom stereocenters. The Labute approximate surface area is 139 Å². The van der Waals surface area contributed by atoms with Gasteiger partial charge in [0.05, 0.1) is 0 Å².